The Hall–Kier alpha value is -1.36. The van der Waals surface area contributed by atoms with E-state index < -0.39 is 0 Å². The second-order valence-electron chi connectivity index (χ2n) is 3.93. The number of rotatable bonds is 3. The van der Waals surface area contributed by atoms with Crippen LogP contribution in [0.25, 0.3) is 10.2 Å². The van der Waals surface area contributed by atoms with Crippen molar-refractivity contribution in [1.29, 1.82) is 0 Å². The standard InChI is InChI=1S/C13H9Cl2N3S/c14-10-4-2-1-3-8(10)7-16-11-9-5-6-19-12(9)18-13(15)17-11/h1-6H,7H2,(H,16,17,18). The van der Waals surface area contributed by atoms with Crippen molar-refractivity contribution in [3.63, 3.8) is 0 Å². The molecular weight excluding hydrogens is 301 g/mol. The van der Waals surface area contributed by atoms with Gasteiger partial charge in [0.2, 0.25) is 5.28 Å². The van der Waals surface area contributed by atoms with Gasteiger partial charge in [0.15, 0.2) is 0 Å². The molecule has 0 fully saturated rings. The monoisotopic (exact) mass is 309 g/mol. The van der Waals surface area contributed by atoms with E-state index in [1.807, 2.05) is 35.7 Å². The summed E-state index contributed by atoms with van der Waals surface area (Å²) < 4.78 is 0. The van der Waals surface area contributed by atoms with Crippen LogP contribution in [0.1, 0.15) is 5.56 Å². The lowest BCUT2D eigenvalue weighted by atomic mass is 10.2. The Morgan fingerprint density at radius 1 is 1.11 bits per heavy atom. The van der Waals surface area contributed by atoms with Gasteiger partial charge in [0.25, 0.3) is 0 Å². The summed E-state index contributed by atoms with van der Waals surface area (Å²) in [5.74, 6) is 0.733. The quantitative estimate of drug-likeness (QED) is 0.718. The molecule has 0 saturated heterocycles. The summed E-state index contributed by atoms with van der Waals surface area (Å²) in [7, 11) is 0. The van der Waals surface area contributed by atoms with E-state index in [1.165, 1.54) is 11.3 Å². The minimum absolute atomic E-state index is 0.247. The van der Waals surface area contributed by atoms with Gasteiger partial charge in [-0.05, 0) is 34.7 Å². The smallest absolute Gasteiger partial charge is 0.225 e. The molecule has 96 valence electrons. The molecule has 0 aliphatic rings. The van der Waals surface area contributed by atoms with Gasteiger partial charge in [-0.25, -0.2) is 9.97 Å². The van der Waals surface area contributed by atoms with Crippen molar-refractivity contribution in [2.45, 2.75) is 6.54 Å². The average molecular weight is 310 g/mol. The summed E-state index contributed by atoms with van der Waals surface area (Å²) in [6.45, 7) is 0.595. The van der Waals surface area contributed by atoms with E-state index >= 15 is 0 Å². The lowest BCUT2D eigenvalue weighted by molar-refractivity contribution is 1.11. The first-order valence-electron chi connectivity index (χ1n) is 5.62. The van der Waals surface area contributed by atoms with Gasteiger partial charge in [0.1, 0.15) is 10.6 Å². The average Bonchev–Trinajstić information content (AvgIpc) is 2.85. The summed E-state index contributed by atoms with van der Waals surface area (Å²) >= 11 is 13.6. The van der Waals surface area contributed by atoms with Crippen molar-refractivity contribution in [2.24, 2.45) is 0 Å². The van der Waals surface area contributed by atoms with Crippen LogP contribution in [0.15, 0.2) is 35.7 Å². The number of aromatic nitrogens is 2. The highest BCUT2D eigenvalue weighted by molar-refractivity contribution is 7.16. The van der Waals surface area contributed by atoms with Crippen molar-refractivity contribution in [1.82, 2.24) is 9.97 Å². The number of hydrogen-bond donors (Lipinski definition) is 1. The van der Waals surface area contributed by atoms with Gasteiger partial charge in [0, 0.05) is 11.6 Å². The van der Waals surface area contributed by atoms with Gasteiger partial charge >= 0.3 is 0 Å². The number of hydrogen-bond acceptors (Lipinski definition) is 4. The van der Waals surface area contributed by atoms with Crippen molar-refractivity contribution < 1.29 is 0 Å². The van der Waals surface area contributed by atoms with Crippen LogP contribution in [0.5, 0.6) is 0 Å². The van der Waals surface area contributed by atoms with Crippen molar-refractivity contribution in [3.05, 3.63) is 51.6 Å². The number of benzene rings is 1. The molecule has 3 nitrogen and oxygen atoms in total. The lowest BCUT2D eigenvalue weighted by Gasteiger charge is -2.08. The highest BCUT2D eigenvalue weighted by Gasteiger charge is 2.08. The Morgan fingerprint density at radius 3 is 2.79 bits per heavy atom. The molecule has 0 amide bonds. The zero-order valence-corrected chi connectivity index (χ0v) is 12.1. The predicted molar refractivity (Wildman–Crippen MR) is 81.2 cm³/mol. The predicted octanol–water partition coefficient (Wildman–Crippen LogP) is 4.61. The van der Waals surface area contributed by atoms with E-state index in [4.69, 9.17) is 23.2 Å². The Labute approximate surface area is 124 Å². The molecule has 0 unspecified atom stereocenters. The first-order valence-corrected chi connectivity index (χ1v) is 7.25. The van der Waals surface area contributed by atoms with Crippen LogP contribution in [0.2, 0.25) is 10.3 Å². The molecule has 1 aromatic carbocycles. The SMILES string of the molecule is Clc1nc(NCc2ccccc2Cl)c2ccsc2n1. The van der Waals surface area contributed by atoms with Gasteiger partial charge < -0.3 is 5.32 Å². The minimum Gasteiger partial charge on any atom is -0.365 e. The van der Waals surface area contributed by atoms with Crippen LogP contribution in [0.3, 0.4) is 0 Å². The molecule has 0 atom stereocenters. The fourth-order valence-corrected chi connectivity index (χ4v) is 2.97. The Bertz CT molecular complexity index is 727. The fourth-order valence-electron chi connectivity index (χ4n) is 1.78. The maximum atomic E-state index is 6.12. The zero-order chi connectivity index (χ0) is 13.2. The van der Waals surface area contributed by atoms with E-state index in [-0.39, 0.29) is 5.28 Å². The Balaban J connectivity index is 1.90. The molecule has 3 aromatic rings. The highest BCUT2D eigenvalue weighted by atomic mass is 35.5. The number of thiophene rings is 1. The lowest BCUT2D eigenvalue weighted by Crippen LogP contribution is -2.03. The van der Waals surface area contributed by atoms with Gasteiger partial charge in [-0.2, -0.15) is 0 Å². The summed E-state index contributed by atoms with van der Waals surface area (Å²) in [5, 5.41) is 7.18. The molecule has 0 aliphatic heterocycles. The van der Waals surface area contributed by atoms with Crippen molar-refractivity contribution >= 4 is 50.6 Å². The molecule has 6 heteroatoms. The fraction of sp³-hybridized carbons (Fsp3) is 0.0769. The van der Waals surface area contributed by atoms with Gasteiger partial charge in [0.05, 0.1) is 5.39 Å². The van der Waals surface area contributed by atoms with Crippen LogP contribution in [-0.2, 0) is 6.54 Å². The van der Waals surface area contributed by atoms with E-state index in [0.717, 1.165) is 26.6 Å². The summed E-state index contributed by atoms with van der Waals surface area (Å²) in [5.41, 5.74) is 1.02. The minimum atomic E-state index is 0.247. The number of nitrogens with one attached hydrogen (secondary N) is 1. The maximum absolute atomic E-state index is 6.12. The molecule has 2 heterocycles. The van der Waals surface area contributed by atoms with Crippen molar-refractivity contribution in [2.75, 3.05) is 5.32 Å². The molecule has 0 aliphatic carbocycles. The third kappa shape index (κ3) is 2.66. The van der Waals surface area contributed by atoms with Crippen LogP contribution in [0.4, 0.5) is 5.82 Å². The Kier molecular flexibility index (Phi) is 3.55. The number of nitrogens with zero attached hydrogens (tertiary/aromatic N) is 2. The normalized spacial score (nSPS) is 10.8. The van der Waals surface area contributed by atoms with E-state index in [9.17, 15) is 0 Å². The van der Waals surface area contributed by atoms with E-state index in [0.29, 0.717) is 6.54 Å². The summed E-state index contributed by atoms with van der Waals surface area (Å²) in [4.78, 5) is 9.28. The topological polar surface area (TPSA) is 37.8 Å². The first-order chi connectivity index (χ1) is 9.24. The Morgan fingerprint density at radius 2 is 1.95 bits per heavy atom. The number of halogens is 2. The molecule has 1 N–H and O–H groups in total. The van der Waals surface area contributed by atoms with Gasteiger partial charge in [-0.1, -0.05) is 29.8 Å². The van der Waals surface area contributed by atoms with Crippen LogP contribution in [-0.4, -0.2) is 9.97 Å². The molecule has 3 rings (SSSR count). The van der Waals surface area contributed by atoms with E-state index in [2.05, 4.69) is 15.3 Å². The van der Waals surface area contributed by atoms with Crippen LogP contribution in [0, 0.1) is 0 Å². The third-order valence-electron chi connectivity index (χ3n) is 2.70. The number of anilines is 1. The molecule has 0 radical (unpaired) electrons. The molecule has 0 spiro atoms. The molecular formula is C13H9Cl2N3S. The number of fused-ring (bicyclic) bond motifs is 1. The molecule has 0 bridgehead atoms. The molecule has 19 heavy (non-hydrogen) atoms. The molecule has 0 saturated carbocycles. The van der Waals surface area contributed by atoms with Crippen molar-refractivity contribution in [3.8, 4) is 0 Å². The second kappa shape index (κ2) is 5.33. The maximum Gasteiger partial charge on any atom is 0.225 e. The van der Waals surface area contributed by atoms with Gasteiger partial charge in [-0.3, -0.25) is 0 Å². The first kappa shape index (κ1) is 12.7. The largest absolute Gasteiger partial charge is 0.365 e. The molecule has 2 aromatic heterocycles. The zero-order valence-electron chi connectivity index (χ0n) is 9.73. The van der Waals surface area contributed by atoms with Gasteiger partial charge in [-0.15, -0.1) is 11.3 Å². The van der Waals surface area contributed by atoms with Crippen LogP contribution < -0.4 is 5.32 Å². The summed E-state index contributed by atoms with van der Waals surface area (Å²) in [6, 6.07) is 9.68. The summed E-state index contributed by atoms with van der Waals surface area (Å²) in [6.07, 6.45) is 0. The van der Waals surface area contributed by atoms with E-state index in [1.54, 1.807) is 0 Å². The second-order valence-corrected chi connectivity index (χ2v) is 5.57. The third-order valence-corrected chi connectivity index (χ3v) is 4.05. The van der Waals surface area contributed by atoms with Crippen LogP contribution >= 0.6 is 34.5 Å². The highest BCUT2D eigenvalue weighted by Crippen LogP contribution is 2.27.